The van der Waals surface area contributed by atoms with Gasteiger partial charge in [-0.1, -0.05) is 23.8 Å². The molecule has 1 N–H and O–H groups in total. The summed E-state index contributed by atoms with van der Waals surface area (Å²) in [6.45, 7) is 2.54. The second-order valence-electron chi connectivity index (χ2n) is 6.11. The van der Waals surface area contributed by atoms with Gasteiger partial charge in [0.1, 0.15) is 18.4 Å². The van der Waals surface area contributed by atoms with Crippen LogP contribution >= 0.6 is 11.8 Å². The van der Waals surface area contributed by atoms with Crippen molar-refractivity contribution in [2.45, 2.75) is 30.1 Å². The zero-order valence-electron chi connectivity index (χ0n) is 17.0. The van der Waals surface area contributed by atoms with Crippen LogP contribution < -0.4 is 0 Å². The van der Waals surface area contributed by atoms with Crippen LogP contribution in [0.15, 0.2) is 57.4 Å². The van der Waals surface area contributed by atoms with Gasteiger partial charge < -0.3 is 14.7 Å². The van der Waals surface area contributed by atoms with E-state index in [0.29, 0.717) is 22.4 Å². The number of ether oxygens (including phenoxy) is 1. The largest absolute Gasteiger partial charge is 0.460 e. The van der Waals surface area contributed by atoms with E-state index in [1.54, 1.807) is 43.3 Å². The van der Waals surface area contributed by atoms with Crippen LogP contribution in [0.2, 0.25) is 0 Å². The molecule has 0 saturated heterocycles. The molecular weight excluding hydrogens is 420 g/mol. The lowest BCUT2D eigenvalue weighted by Gasteiger charge is -2.08. The first-order valence-electron chi connectivity index (χ1n) is 9.28. The molecule has 2 aromatic rings. The lowest BCUT2D eigenvalue weighted by atomic mass is 10.1. The summed E-state index contributed by atoms with van der Waals surface area (Å²) in [5.41, 5.74) is 1.03. The first-order valence-corrected chi connectivity index (χ1v) is 10.1. The van der Waals surface area contributed by atoms with E-state index in [1.165, 1.54) is 24.8 Å². The van der Waals surface area contributed by atoms with Crippen molar-refractivity contribution in [3.05, 3.63) is 59.2 Å². The monoisotopic (exact) mass is 440 g/mol. The van der Waals surface area contributed by atoms with Gasteiger partial charge in [-0.2, -0.15) is 5.26 Å². The molecule has 0 spiro atoms. The fourth-order valence-corrected chi connectivity index (χ4v) is 3.29. The molecule has 0 unspecified atom stereocenters. The molecule has 0 bridgehead atoms. The van der Waals surface area contributed by atoms with Crippen molar-refractivity contribution in [3.8, 4) is 6.07 Å². The fourth-order valence-electron chi connectivity index (χ4n) is 2.41. The topological polar surface area (TPSA) is 126 Å². The van der Waals surface area contributed by atoms with Gasteiger partial charge in [0, 0.05) is 22.3 Å². The van der Waals surface area contributed by atoms with Crippen LogP contribution in [-0.4, -0.2) is 41.8 Å². The number of nitriles is 1. The van der Waals surface area contributed by atoms with Crippen molar-refractivity contribution in [2.75, 3.05) is 13.2 Å². The smallest absolute Gasteiger partial charge is 0.338 e. The zero-order valence-corrected chi connectivity index (χ0v) is 17.8. The van der Waals surface area contributed by atoms with Crippen LogP contribution in [0.25, 0.3) is 0 Å². The molecule has 0 heterocycles. The molecule has 0 aliphatic rings. The quantitative estimate of drug-likeness (QED) is 0.207. The second kappa shape index (κ2) is 11.6. The molecule has 160 valence electrons. The Morgan fingerprint density at radius 3 is 2.39 bits per heavy atom. The number of carbonyl (C=O) groups excluding carboxylic acids is 3. The Balaban J connectivity index is 2.16. The molecule has 2 aromatic carbocycles. The number of benzene rings is 2. The lowest BCUT2D eigenvalue weighted by molar-refractivity contribution is -0.140. The number of carbonyl (C=O) groups is 3. The number of nitrogens with zero attached hydrogens (tertiary/aromatic N) is 2. The Hall–Kier alpha value is -3.48. The van der Waals surface area contributed by atoms with Gasteiger partial charge in [-0.05, 0) is 48.9 Å². The summed E-state index contributed by atoms with van der Waals surface area (Å²) in [6.07, 6.45) is 0.307. The number of esters is 1. The fraction of sp³-hybridized carbons (Fsp3) is 0.227. The highest BCUT2D eigenvalue weighted by atomic mass is 32.2. The van der Waals surface area contributed by atoms with Gasteiger partial charge in [-0.3, -0.25) is 4.79 Å². The molecule has 0 aromatic heterocycles. The number of aliphatic hydroxyl groups is 1. The highest BCUT2D eigenvalue weighted by Gasteiger charge is 2.15. The maximum Gasteiger partial charge on any atom is 0.338 e. The predicted octanol–water partition coefficient (Wildman–Crippen LogP) is 3.37. The van der Waals surface area contributed by atoms with Crippen molar-refractivity contribution in [1.29, 1.82) is 5.26 Å². The second-order valence-corrected chi connectivity index (χ2v) is 7.23. The SMILES string of the molecule is CC/C(=N\OC(C)=O)C(=O)c1ccc(Sc2ccc(C(=O)OCCO)cc2C#N)cc1. The Morgan fingerprint density at radius 1 is 1.13 bits per heavy atom. The van der Waals surface area contributed by atoms with Crippen molar-refractivity contribution < 1.29 is 29.1 Å². The van der Waals surface area contributed by atoms with Crippen LogP contribution in [0, 0.1) is 11.3 Å². The summed E-state index contributed by atoms with van der Waals surface area (Å²) in [6, 6.07) is 13.4. The first kappa shape index (κ1) is 23.8. The number of Topliss-reactive ketones (excluding diaryl/α,β-unsaturated/α-hetero) is 1. The van der Waals surface area contributed by atoms with E-state index in [-0.39, 0.29) is 30.3 Å². The van der Waals surface area contributed by atoms with Crippen LogP contribution in [0.4, 0.5) is 0 Å². The maximum atomic E-state index is 12.5. The van der Waals surface area contributed by atoms with Crippen molar-refractivity contribution in [1.82, 2.24) is 0 Å². The van der Waals surface area contributed by atoms with E-state index in [9.17, 15) is 19.6 Å². The van der Waals surface area contributed by atoms with E-state index in [0.717, 1.165) is 4.90 Å². The summed E-state index contributed by atoms with van der Waals surface area (Å²) < 4.78 is 4.86. The number of hydrogen-bond donors (Lipinski definition) is 1. The molecule has 0 saturated carbocycles. The summed E-state index contributed by atoms with van der Waals surface area (Å²) in [7, 11) is 0. The van der Waals surface area contributed by atoms with E-state index < -0.39 is 11.9 Å². The Kier molecular flexibility index (Phi) is 8.94. The Morgan fingerprint density at radius 2 is 1.81 bits per heavy atom. The number of ketones is 1. The van der Waals surface area contributed by atoms with E-state index in [4.69, 9.17) is 9.84 Å². The Labute approximate surface area is 183 Å². The first-order chi connectivity index (χ1) is 14.9. The molecular formula is C22H20N2O6S. The molecule has 0 radical (unpaired) electrons. The molecule has 0 aliphatic heterocycles. The van der Waals surface area contributed by atoms with Gasteiger partial charge in [-0.25, -0.2) is 9.59 Å². The molecule has 0 fully saturated rings. The van der Waals surface area contributed by atoms with E-state index >= 15 is 0 Å². The summed E-state index contributed by atoms with van der Waals surface area (Å²) >= 11 is 1.30. The van der Waals surface area contributed by atoms with Gasteiger partial charge in [0.2, 0.25) is 5.78 Å². The van der Waals surface area contributed by atoms with Gasteiger partial charge >= 0.3 is 11.9 Å². The third-order valence-electron chi connectivity index (χ3n) is 3.89. The zero-order chi connectivity index (χ0) is 22.8. The molecule has 9 heteroatoms. The van der Waals surface area contributed by atoms with Crippen molar-refractivity contribution in [3.63, 3.8) is 0 Å². The molecule has 2 rings (SSSR count). The van der Waals surface area contributed by atoms with Crippen LogP contribution in [0.1, 0.15) is 46.5 Å². The molecule has 31 heavy (non-hydrogen) atoms. The lowest BCUT2D eigenvalue weighted by Crippen LogP contribution is -2.14. The highest BCUT2D eigenvalue weighted by molar-refractivity contribution is 7.99. The third kappa shape index (κ3) is 6.77. The van der Waals surface area contributed by atoms with Crippen molar-refractivity contribution >= 4 is 35.2 Å². The van der Waals surface area contributed by atoms with Gasteiger partial charge in [0.15, 0.2) is 0 Å². The molecule has 0 atom stereocenters. The molecule has 0 amide bonds. The minimum Gasteiger partial charge on any atom is -0.460 e. The average Bonchev–Trinajstić information content (AvgIpc) is 2.78. The Bertz CT molecular complexity index is 1040. The number of aliphatic hydroxyl groups excluding tert-OH is 1. The van der Waals surface area contributed by atoms with Gasteiger partial charge in [-0.15, -0.1) is 0 Å². The predicted molar refractivity (Wildman–Crippen MR) is 113 cm³/mol. The van der Waals surface area contributed by atoms with Crippen LogP contribution in [0.5, 0.6) is 0 Å². The summed E-state index contributed by atoms with van der Waals surface area (Å²) in [5.74, 6) is -1.57. The van der Waals surface area contributed by atoms with Gasteiger partial charge in [0.25, 0.3) is 0 Å². The minimum atomic E-state index is -0.618. The van der Waals surface area contributed by atoms with Crippen LogP contribution in [-0.2, 0) is 14.4 Å². The maximum absolute atomic E-state index is 12.5. The number of hydrogen-bond acceptors (Lipinski definition) is 9. The normalized spacial score (nSPS) is 10.8. The standard InChI is InChI=1S/C22H20N2O6S/c1-3-19(24-30-14(2)26)21(27)15-4-7-18(8-5-15)31-20-9-6-16(12-17(20)13-23)22(28)29-11-10-25/h4-9,12,25H,3,10-11H2,1-2H3/b24-19+. The van der Waals surface area contributed by atoms with Gasteiger partial charge in [0.05, 0.1) is 17.7 Å². The number of oxime groups is 1. The minimum absolute atomic E-state index is 0.117. The molecule has 0 aliphatic carbocycles. The summed E-state index contributed by atoms with van der Waals surface area (Å²) in [5, 5.41) is 21.8. The highest BCUT2D eigenvalue weighted by Crippen LogP contribution is 2.31. The molecule has 8 nitrogen and oxygen atoms in total. The summed E-state index contributed by atoms with van der Waals surface area (Å²) in [4.78, 5) is 41.3. The van der Waals surface area contributed by atoms with Crippen molar-refractivity contribution in [2.24, 2.45) is 5.16 Å². The van der Waals surface area contributed by atoms with Crippen LogP contribution in [0.3, 0.4) is 0 Å². The third-order valence-corrected chi connectivity index (χ3v) is 4.97. The van der Waals surface area contributed by atoms with E-state index in [1.807, 2.05) is 0 Å². The number of rotatable bonds is 9. The van der Waals surface area contributed by atoms with E-state index in [2.05, 4.69) is 16.1 Å². The average molecular weight is 440 g/mol.